The molecule has 2 atom stereocenters. The third kappa shape index (κ3) is 3.16. The lowest BCUT2D eigenvalue weighted by Gasteiger charge is -2.34. The van der Waals surface area contributed by atoms with Crippen molar-refractivity contribution in [1.82, 2.24) is 10.2 Å². The normalized spacial score (nSPS) is 21.9. The minimum Gasteiger partial charge on any atom is -0.495 e. The summed E-state index contributed by atoms with van der Waals surface area (Å²) in [5.41, 5.74) is 0.104. The van der Waals surface area contributed by atoms with Crippen molar-refractivity contribution in [3.05, 3.63) is 22.7 Å². The Bertz CT molecular complexity index is 753. The van der Waals surface area contributed by atoms with Gasteiger partial charge < -0.3 is 24.4 Å². The zero-order chi connectivity index (χ0) is 18.8. The lowest BCUT2D eigenvalue weighted by atomic mass is 10.1. The summed E-state index contributed by atoms with van der Waals surface area (Å²) >= 11 is 6.13. The van der Waals surface area contributed by atoms with Crippen LogP contribution >= 0.6 is 11.6 Å². The average molecular weight is 383 g/mol. The Hall–Kier alpha value is -2.48. The second-order valence-electron chi connectivity index (χ2n) is 6.01. The number of rotatable bonds is 5. The highest BCUT2D eigenvalue weighted by molar-refractivity contribution is 6.34. The number of amides is 2. The van der Waals surface area contributed by atoms with E-state index in [0.717, 1.165) is 6.42 Å². The largest absolute Gasteiger partial charge is 0.495 e. The summed E-state index contributed by atoms with van der Waals surface area (Å²) in [5.74, 6) is -0.686. The van der Waals surface area contributed by atoms with Gasteiger partial charge in [-0.2, -0.15) is 0 Å². The first-order valence-corrected chi connectivity index (χ1v) is 8.54. The van der Waals surface area contributed by atoms with E-state index >= 15 is 0 Å². The van der Waals surface area contributed by atoms with Gasteiger partial charge in [0.1, 0.15) is 35.0 Å². The highest BCUT2D eigenvalue weighted by Gasteiger charge is 2.43. The molecule has 140 valence electrons. The van der Waals surface area contributed by atoms with Crippen LogP contribution in [0.15, 0.2) is 12.1 Å². The molecule has 1 N–H and O–H groups in total. The molecule has 2 heterocycles. The van der Waals surface area contributed by atoms with Gasteiger partial charge in [-0.1, -0.05) is 11.6 Å². The number of piperazine rings is 1. The van der Waals surface area contributed by atoms with Gasteiger partial charge in [0.05, 0.1) is 14.2 Å². The van der Waals surface area contributed by atoms with Crippen molar-refractivity contribution in [2.24, 2.45) is 0 Å². The van der Waals surface area contributed by atoms with Gasteiger partial charge in [0.25, 0.3) is 0 Å². The van der Waals surface area contributed by atoms with Gasteiger partial charge in [0, 0.05) is 6.54 Å². The summed E-state index contributed by atoms with van der Waals surface area (Å²) in [6.45, 7) is 0.280. The van der Waals surface area contributed by atoms with E-state index in [4.69, 9.17) is 25.8 Å². The summed E-state index contributed by atoms with van der Waals surface area (Å²) in [6.07, 6.45) is 1.45. The number of carbonyl (C=O) groups excluding carboxylic acids is 3. The maximum Gasteiger partial charge on any atom is 0.342 e. The Kier molecular flexibility index (Phi) is 5.22. The van der Waals surface area contributed by atoms with E-state index in [9.17, 15) is 14.4 Å². The minimum absolute atomic E-state index is 0.104. The minimum atomic E-state index is -0.888. The first-order valence-electron chi connectivity index (χ1n) is 8.16. The molecule has 0 unspecified atom stereocenters. The second-order valence-corrected chi connectivity index (χ2v) is 6.39. The third-order valence-electron chi connectivity index (χ3n) is 4.54. The van der Waals surface area contributed by atoms with Crippen LogP contribution < -0.4 is 14.8 Å². The molecule has 2 amide bonds. The summed E-state index contributed by atoms with van der Waals surface area (Å²) in [4.78, 5) is 38.4. The van der Waals surface area contributed by atoms with Crippen molar-refractivity contribution in [1.29, 1.82) is 0 Å². The Morgan fingerprint density at radius 1 is 1.31 bits per heavy atom. The molecular formula is C17H19ClN2O6. The van der Waals surface area contributed by atoms with Crippen LogP contribution in [0.25, 0.3) is 0 Å². The summed E-state index contributed by atoms with van der Waals surface area (Å²) < 4.78 is 15.5. The van der Waals surface area contributed by atoms with Gasteiger partial charge in [-0.15, -0.1) is 0 Å². The number of methoxy groups -OCH3 is 2. The van der Waals surface area contributed by atoms with Crippen LogP contribution in [0.1, 0.15) is 23.2 Å². The third-order valence-corrected chi connectivity index (χ3v) is 4.90. The lowest BCUT2D eigenvalue weighted by Crippen LogP contribution is -2.62. The molecule has 9 heteroatoms. The van der Waals surface area contributed by atoms with Gasteiger partial charge in [-0.25, -0.2) is 4.79 Å². The van der Waals surface area contributed by atoms with E-state index in [0.29, 0.717) is 18.7 Å². The fourth-order valence-corrected chi connectivity index (χ4v) is 3.56. The molecule has 8 nitrogen and oxygen atoms in total. The molecule has 0 saturated carbocycles. The number of fused-ring (bicyclic) bond motifs is 1. The zero-order valence-corrected chi connectivity index (χ0v) is 15.2. The molecule has 2 saturated heterocycles. The van der Waals surface area contributed by atoms with Crippen molar-refractivity contribution < 1.29 is 28.6 Å². The molecule has 2 aliphatic rings. The molecule has 3 rings (SSSR count). The van der Waals surface area contributed by atoms with E-state index in [2.05, 4.69) is 5.32 Å². The predicted molar refractivity (Wildman–Crippen MR) is 91.5 cm³/mol. The van der Waals surface area contributed by atoms with Gasteiger partial charge in [-0.05, 0) is 25.0 Å². The predicted octanol–water partition coefficient (Wildman–Crippen LogP) is 1.00. The first kappa shape index (κ1) is 18.3. The maximum atomic E-state index is 12.4. The molecule has 26 heavy (non-hydrogen) atoms. The van der Waals surface area contributed by atoms with Crippen molar-refractivity contribution in [2.75, 3.05) is 27.4 Å². The van der Waals surface area contributed by atoms with E-state index in [1.165, 1.54) is 26.4 Å². The van der Waals surface area contributed by atoms with Gasteiger partial charge in [0.2, 0.25) is 11.8 Å². The van der Waals surface area contributed by atoms with Gasteiger partial charge in [-0.3, -0.25) is 9.59 Å². The smallest absolute Gasteiger partial charge is 0.342 e. The van der Waals surface area contributed by atoms with Crippen LogP contribution in [-0.2, 0) is 14.3 Å². The van der Waals surface area contributed by atoms with Crippen molar-refractivity contribution in [3.8, 4) is 11.5 Å². The molecule has 0 bridgehead atoms. The number of halogens is 1. The number of ether oxygens (including phenoxy) is 3. The van der Waals surface area contributed by atoms with Crippen LogP contribution in [0.3, 0.4) is 0 Å². The SMILES string of the molecule is COc1ccc(C(=O)OC[C@@H]2NC(=O)[C@@H]3CCCN3C2=O)c(OC)c1Cl. The number of carbonyl (C=O) groups is 3. The Balaban J connectivity index is 1.70. The van der Waals surface area contributed by atoms with E-state index < -0.39 is 18.1 Å². The second kappa shape index (κ2) is 7.41. The molecule has 0 aromatic heterocycles. The quantitative estimate of drug-likeness (QED) is 0.764. The van der Waals surface area contributed by atoms with Crippen LogP contribution in [0.4, 0.5) is 0 Å². The summed E-state index contributed by atoms with van der Waals surface area (Å²) in [6, 6.07) is 1.68. The van der Waals surface area contributed by atoms with Crippen LogP contribution in [0.5, 0.6) is 11.5 Å². The van der Waals surface area contributed by atoms with Gasteiger partial charge >= 0.3 is 5.97 Å². The molecular weight excluding hydrogens is 364 g/mol. The fourth-order valence-electron chi connectivity index (χ4n) is 3.24. The monoisotopic (exact) mass is 382 g/mol. The average Bonchev–Trinajstić information content (AvgIpc) is 3.13. The maximum absolute atomic E-state index is 12.4. The summed E-state index contributed by atoms with van der Waals surface area (Å²) in [7, 11) is 2.82. The van der Waals surface area contributed by atoms with Crippen molar-refractivity contribution in [3.63, 3.8) is 0 Å². The lowest BCUT2D eigenvalue weighted by molar-refractivity contribution is -0.148. The topological polar surface area (TPSA) is 94.2 Å². The first-order chi connectivity index (χ1) is 12.5. The molecule has 2 fully saturated rings. The van der Waals surface area contributed by atoms with Crippen molar-refractivity contribution >= 4 is 29.4 Å². The van der Waals surface area contributed by atoms with E-state index in [-0.39, 0.29) is 34.8 Å². The number of benzene rings is 1. The molecule has 1 aromatic carbocycles. The van der Waals surface area contributed by atoms with Crippen LogP contribution in [0, 0.1) is 0 Å². The standard InChI is InChI=1S/C17H19ClN2O6/c1-24-12-6-5-9(14(25-2)13(12)18)17(23)26-8-10-16(22)20-7-3-4-11(20)15(21)19-10/h5-6,10-11H,3-4,7-8H2,1-2H3,(H,19,21)/t10-,11-/m0/s1. The molecule has 2 aliphatic heterocycles. The Morgan fingerprint density at radius 3 is 2.77 bits per heavy atom. The van der Waals surface area contributed by atoms with Crippen molar-refractivity contribution in [2.45, 2.75) is 24.9 Å². The zero-order valence-electron chi connectivity index (χ0n) is 14.4. The molecule has 0 aliphatic carbocycles. The van der Waals surface area contributed by atoms with Crippen LogP contribution in [0.2, 0.25) is 5.02 Å². The number of esters is 1. The fraction of sp³-hybridized carbons (Fsp3) is 0.471. The molecule has 0 spiro atoms. The Morgan fingerprint density at radius 2 is 2.08 bits per heavy atom. The number of nitrogens with zero attached hydrogens (tertiary/aromatic N) is 1. The van der Waals surface area contributed by atoms with E-state index in [1.54, 1.807) is 4.90 Å². The highest BCUT2D eigenvalue weighted by Crippen LogP contribution is 2.37. The van der Waals surface area contributed by atoms with E-state index in [1.807, 2.05) is 0 Å². The number of nitrogens with one attached hydrogen (secondary N) is 1. The summed E-state index contributed by atoms with van der Waals surface area (Å²) in [5, 5.41) is 2.76. The highest BCUT2D eigenvalue weighted by atomic mass is 35.5. The molecule has 0 radical (unpaired) electrons. The Labute approximate surface area is 155 Å². The number of hydrogen-bond acceptors (Lipinski definition) is 6. The molecule has 1 aromatic rings. The van der Waals surface area contributed by atoms with Gasteiger partial charge in [0.15, 0.2) is 5.75 Å². The number of hydrogen-bond donors (Lipinski definition) is 1. The van der Waals surface area contributed by atoms with Crippen LogP contribution in [-0.4, -0.2) is 62.1 Å².